The van der Waals surface area contributed by atoms with E-state index in [1.165, 1.54) is 31.5 Å². The Morgan fingerprint density at radius 2 is 2.08 bits per heavy atom. The van der Waals surface area contributed by atoms with Crippen molar-refractivity contribution in [1.82, 2.24) is 14.5 Å². The molecule has 2 aromatic heterocycles. The fourth-order valence-electron chi connectivity index (χ4n) is 2.18. The molecular weight excluding hydrogens is 324 g/mol. The number of para-hydroxylation sites is 1. The van der Waals surface area contributed by atoms with Crippen molar-refractivity contribution in [2.75, 3.05) is 12.4 Å². The van der Waals surface area contributed by atoms with Crippen LogP contribution >= 0.6 is 0 Å². The lowest BCUT2D eigenvalue weighted by atomic mass is 10.1. The van der Waals surface area contributed by atoms with Gasteiger partial charge in [0.25, 0.3) is 5.91 Å². The summed E-state index contributed by atoms with van der Waals surface area (Å²) in [5.41, 5.74) is 0.368. The van der Waals surface area contributed by atoms with Crippen LogP contribution in [0.1, 0.15) is 20.7 Å². The predicted octanol–water partition coefficient (Wildman–Crippen LogP) is 2.01. The Labute approximate surface area is 142 Å². The Kier molecular flexibility index (Phi) is 4.42. The molecule has 0 aliphatic carbocycles. The number of nitrogens with zero attached hydrogens (tertiary/aromatic N) is 3. The van der Waals surface area contributed by atoms with Crippen LogP contribution in [0.3, 0.4) is 0 Å². The third kappa shape index (κ3) is 3.32. The molecule has 0 atom stereocenters. The molecular formula is C17H14N4O4. The van der Waals surface area contributed by atoms with E-state index in [1.54, 1.807) is 35.4 Å². The largest absolute Gasteiger partial charge is 0.505 e. The first kappa shape index (κ1) is 16.2. The predicted molar refractivity (Wildman–Crippen MR) is 88.8 cm³/mol. The fraction of sp³-hybridized carbons (Fsp3) is 0.0588. The summed E-state index contributed by atoms with van der Waals surface area (Å²) < 4.78 is 6.28. The number of aromatic hydroxyl groups is 1. The van der Waals surface area contributed by atoms with E-state index in [1.807, 2.05) is 0 Å². The molecule has 0 unspecified atom stereocenters. The molecule has 1 aromatic carbocycles. The number of carbonyl (C=O) groups is 2. The molecule has 8 heteroatoms. The van der Waals surface area contributed by atoms with Gasteiger partial charge in [0, 0.05) is 18.6 Å². The molecule has 0 saturated heterocycles. The average Bonchev–Trinajstić information content (AvgIpc) is 3.17. The number of phenolic OH excluding ortho intramolecular Hbond substituents is 1. The van der Waals surface area contributed by atoms with E-state index in [4.69, 9.17) is 0 Å². The summed E-state index contributed by atoms with van der Waals surface area (Å²) in [7, 11) is 1.21. The van der Waals surface area contributed by atoms with Crippen molar-refractivity contribution in [3.63, 3.8) is 0 Å². The first-order valence-corrected chi connectivity index (χ1v) is 7.26. The van der Waals surface area contributed by atoms with Gasteiger partial charge in [0.15, 0.2) is 5.75 Å². The summed E-state index contributed by atoms with van der Waals surface area (Å²) in [5, 5.41) is 12.7. The Morgan fingerprint density at radius 1 is 1.24 bits per heavy atom. The maximum absolute atomic E-state index is 12.3. The zero-order chi connectivity index (χ0) is 17.8. The number of phenols is 1. The fourth-order valence-corrected chi connectivity index (χ4v) is 2.18. The van der Waals surface area contributed by atoms with Crippen molar-refractivity contribution < 1.29 is 19.4 Å². The van der Waals surface area contributed by atoms with E-state index >= 15 is 0 Å². The number of aromatic nitrogens is 3. The molecule has 0 fully saturated rings. The number of imidazole rings is 1. The van der Waals surface area contributed by atoms with Crippen LogP contribution in [0.25, 0.3) is 5.82 Å². The zero-order valence-electron chi connectivity index (χ0n) is 13.2. The van der Waals surface area contributed by atoms with E-state index in [9.17, 15) is 14.7 Å². The lowest BCUT2D eigenvalue weighted by molar-refractivity contribution is 0.0597. The third-order valence-electron chi connectivity index (χ3n) is 3.47. The van der Waals surface area contributed by atoms with Gasteiger partial charge in [-0.3, -0.25) is 9.36 Å². The van der Waals surface area contributed by atoms with Crippen LogP contribution in [0.2, 0.25) is 0 Å². The number of benzene rings is 1. The third-order valence-corrected chi connectivity index (χ3v) is 3.47. The minimum Gasteiger partial charge on any atom is -0.505 e. The van der Waals surface area contributed by atoms with Gasteiger partial charge in [-0.15, -0.1) is 0 Å². The average molecular weight is 338 g/mol. The molecule has 126 valence electrons. The van der Waals surface area contributed by atoms with Crippen molar-refractivity contribution in [3.8, 4) is 11.6 Å². The number of nitrogens with one attached hydrogen (secondary N) is 1. The smallest absolute Gasteiger partial charge is 0.341 e. The molecule has 0 aliphatic heterocycles. The quantitative estimate of drug-likeness (QED) is 0.557. The van der Waals surface area contributed by atoms with E-state index in [0.717, 1.165) is 0 Å². The Hall–Kier alpha value is -3.68. The SMILES string of the molecule is COC(=O)c1cccc(NC(=O)c2ccc(-n3ccnc3)nc2)c1O. The van der Waals surface area contributed by atoms with Crippen molar-refractivity contribution in [1.29, 1.82) is 0 Å². The van der Waals surface area contributed by atoms with E-state index in [-0.39, 0.29) is 17.0 Å². The topological polar surface area (TPSA) is 106 Å². The molecule has 0 spiro atoms. The standard InChI is InChI=1S/C17H14N4O4/c1-25-17(24)12-3-2-4-13(15(12)22)20-16(23)11-5-6-14(19-9-11)21-8-7-18-10-21/h2-10,22H,1H3,(H,20,23). The van der Waals surface area contributed by atoms with Crippen LogP contribution in [0.15, 0.2) is 55.2 Å². The van der Waals surface area contributed by atoms with Crippen molar-refractivity contribution in [2.24, 2.45) is 0 Å². The maximum Gasteiger partial charge on any atom is 0.341 e. The van der Waals surface area contributed by atoms with Gasteiger partial charge < -0.3 is 15.2 Å². The molecule has 0 radical (unpaired) electrons. The number of anilines is 1. The summed E-state index contributed by atoms with van der Waals surface area (Å²) in [6, 6.07) is 7.67. The van der Waals surface area contributed by atoms with Crippen LogP contribution in [-0.2, 0) is 4.74 Å². The molecule has 0 saturated carbocycles. The first-order valence-electron chi connectivity index (χ1n) is 7.26. The number of ether oxygens (including phenoxy) is 1. The van der Waals surface area contributed by atoms with Gasteiger partial charge in [-0.2, -0.15) is 0 Å². The molecule has 0 bridgehead atoms. The second-order valence-electron chi connectivity index (χ2n) is 5.02. The molecule has 8 nitrogen and oxygen atoms in total. The van der Waals surface area contributed by atoms with Crippen LogP contribution in [0.5, 0.6) is 5.75 Å². The number of pyridine rings is 1. The maximum atomic E-state index is 12.3. The Balaban J connectivity index is 1.80. The van der Waals surface area contributed by atoms with Gasteiger partial charge in [-0.25, -0.2) is 14.8 Å². The summed E-state index contributed by atoms with van der Waals surface area (Å²) in [6.45, 7) is 0. The Bertz CT molecular complexity index is 905. The molecule has 25 heavy (non-hydrogen) atoms. The second-order valence-corrected chi connectivity index (χ2v) is 5.02. The summed E-state index contributed by atoms with van der Waals surface area (Å²) in [5.74, 6) is -0.905. The highest BCUT2D eigenvalue weighted by atomic mass is 16.5. The van der Waals surface area contributed by atoms with E-state index in [2.05, 4.69) is 20.0 Å². The summed E-state index contributed by atoms with van der Waals surface area (Å²) in [6.07, 6.45) is 6.36. The second kappa shape index (κ2) is 6.83. The normalized spacial score (nSPS) is 10.3. The number of hydrogen-bond acceptors (Lipinski definition) is 6. The summed E-state index contributed by atoms with van der Waals surface area (Å²) in [4.78, 5) is 32.0. The van der Waals surface area contributed by atoms with E-state index in [0.29, 0.717) is 11.4 Å². The number of amides is 1. The number of rotatable bonds is 4. The van der Waals surface area contributed by atoms with Gasteiger partial charge in [0.2, 0.25) is 0 Å². The monoisotopic (exact) mass is 338 g/mol. The molecule has 2 heterocycles. The highest BCUT2D eigenvalue weighted by Crippen LogP contribution is 2.28. The molecule has 3 rings (SSSR count). The zero-order valence-corrected chi connectivity index (χ0v) is 13.2. The first-order chi connectivity index (χ1) is 12.1. The van der Waals surface area contributed by atoms with E-state index < -0.39 is 11.9 Å². The minimum atomic E-state index is -0.694. The van der Waals surface area contributed by atoms with Crippen LogP contribution in [0.4, 0.5) is 5.69 Å². The number of esters is 1. The van der Waals surface area contributed by atoms with Gasteiger partial charge in [0.05, 0.1) is 18.4 Å². The van der Waals surface area contributed by atoms with Crippen LogP contribution in [-0.4, -0.2) is 38.6 Å². The highest BCUT2D eigenvalue weighted by molar-refractivity contribution is 6.06. The van der Waals surface area contributed by atoms with Gasteiger partial charge in [-0.05, 0) is 24.3 Å². The Morgan fingerprint density at radius 3 is 2.72 bits per heavy atom. The van der Waals surface area contributed by atoms with Gasteiger partial charge >= 0.3 is 5.97 Å². The van der Waals surface area contributed by atoms with Gasteiger partial charge in [-0.1, -0.05) is 6.07 Å². The molecule has 2 N–H and O–H groups in total. The number of carbonyl (C=O) groups excluding carboxylic acids is 2. The molecule has 0 aliphatic rings. The van der Waals surface area contributed by atoms with Crippen molar-refractivity contribution in [2.45, 2.75) is 0 Å². The minimum absolute atomic E-state index is 0.0334. The van der Waals surface area contributed by atoms with Crippen molar-refractivity contribution >= 4 is 17.6 Å². The molecule has 3 aromatic rings. The lowest BCUT2D eigenvalue weighted by Crippen LogP contribution is -2.13. The highest BCUT2D eigenvalue weighted by Gasteiger charge is 2.16. The summed E-state index contributed by atoms with van der Waals surface area (Å²) >= 11 is 0. The van der Waals surface area contributed by atoms with Gasteiger partial charge in [0.1, 0.15) is 17.7 Å². The van der Waals surface area contributed by atoms with Crippen molar-refractivity contribution in [3.05, 3.63) is 66.4 Å². The molecule has 1 amide bonds. The number of hydrogen-bond donors (Lipinski definition) is 2. The van der Waals surface area contributed by atoms with Crippen LogP contribution in [0, 0.1) is 0 Å². The van der Waals surface area contributed by atoms with Crippen LogP contribution < -0.4 is 5.32 Å². The number of methoxy groups -OCH3 is 1. The lowest BCUT2D eigenvalue weighted by Gasteiger charge is -2.10.